The number of anilines is 1. The predicted octanol–water partition coefficient (Wildman–Crippen LogP) is 1.81. The smallest absolute Gasteiger partial charge is 0.226 e. The third-order valence-electron chi connectivity index (χ3n) is 4.63. The number of carbonyl (C=O) groups excluding carboxylic acids is 2. The van der Waals surface area contributed by atoms with E-state index in [1.54, 1.807) is 11.8 Å². The number of rotatable bonds is 7. The van der Waals surface area contributed by atoms with Gasteiger partial charge in [0, 0.05) is 51.8 Å². The summed E-state index contributed by atoms with van der Waals surface area (Å²) in [5.41, 5.74) is 3.15. The van der Waals surface area contributed by atoms with Crippen molar-refractivity contribution in [3.05, 3.63) is 29.3 Å². The Hall–Kier alpha value is -1.92. The van der Waals surface area contributed by atoms with Gasteiger partial charge in [-0.05, 0) is 37.1 Å². The maximum atomic E-state index is 12.2. The summed E-state index contributed by atoms with van der Waals surface area (Å²) < 4.78 is 5.33. The van der Waals surface area contributed by atoms with Crippen molar-refractivity contribution >= 4 is 17.5 Å². The highest BCUT2D eigenvalue weighted by Gasteiger charge is 2.15. The fourth-order valence-corrected chi connectivity index (χ4v) is 2.79. The monoisotopic (exact) mass is 347 g/mol. The molecule has 138 valence electrons. The Morgan fingerprint density at radius 2 is 1.88 bits per heavy atom. The second-order valence-corrected chi connectivity index (χ2v) is 6.56. The molecule has 0 bridgehead atoms. The molecule has 25 heavy (non-hydrogen) atoms. The van der Waals surface area contributed by atoms with Crippen LogP contribution in [0.4, 0.5) is 5.69 Å². The molecule has 6 nitrogen and oxygen atoms in total. The van der Waals surface area contributed by atoms with Gasteiger partial charge in [0.05, 0.1) is 13.2 Å². The molecule has 0 radical (unpaired) electrons. The van der Waals surface area contributed by atoms with Crippen LogP contribution in [0, 0.1) is 13.8 Å². The number of nitrogens with zero attached hydrogens (tertiary/aromatic N) is 2. The number of nitrogens with one attached hydrogen (secondary N) is 1. The van der Waals surface area contributed by atoms with Crippen LogP contribution in [0.1, 0.15) is 24.5 Å². The Balaban J connectivity index is 1.77. The van der Waals surface area contributed by atoms with E-state index in [1.165, 1.54) is 5.56 Å². The molecule has 6 heteroatoms. The van der Waals surface area contributed by atoms with Crippen LogP contribution in [0.2, 0.25) is 0 Å². The van der Waals surface area contributed by atoms with E-state index >= 15 is 0 Å². The molecule has 1 aliphatic rings. The van der Waals surface area contributed by atoms with E-state index in [0.717, 1.165) is 44.1 Å². The minimum Gasteiger partial charge on any atom is -0.379 e. The number of hydrogen-bond donors (Lipinski definition) is 1. The molecule has 0 saturated carbocycles. The van der Waals surface area contributed by atoms with Crippen LogP contribution in [-0.4, -0.2) is 67.6 Å². The third-order valence-corrected chi connectivity index (χ3v) is 4.63. The van der Waals surface area contributed by atoms with Crippen LogP contribution < -0.4 is 5.32 Å². The van der Waals surface area contributed by atoms with Gasteiger partial charge in [0.1, 0.15) is 0 Å². The number of morpholine rings is 1. The summed E-state index contributed by atoms with van der Waals surface area (Å²) in [7, 11) is 0. The molecule has 0 aliphatic carbocycles. The summed E-state index contributed by atoms with van der Waals surface area (Å²) in [5.74, 6) is -0.0619. The lowest BCUT2D eigenvalue weighted by Crippen LogP contribution is -2.43. The van der Waals surface area contributed by atoms with Gasteiger partial charge < -0.3 is 15.0 Å². The van der Waals surface area contributed by atoms with Crippen LogP contribution in [-0.2, 0) is 14.3 Å². The Labute approximate surface area is 150 Å². The first kappa shape index (κ1) is 19.4. The SMILES string of the molecule is CC(=O)N(CCC(=O)Nc1ccc(C)c(C)c1)CCN1CCOCC1. The molecular weight excluding hydrogens is 318 g/mol. The molecular formula is C19H29N3O3. The van der Waals surface area contributed by atoms with E-state index in [2.05, 4.69) is 10.2 Å². The summed E-state index contributed by atoms with van der Waals surface area (Å²) in [6.07, 6.45) is 0.301. The van der Waals surface area contributed by atoms with Crippen molar-refractivity contribution in [3.63, 3.8) is 0 Å². The average Bonchev–Trinajstić information content (AvgIpc) is 2.58. The first-order valence-electron chi connectivity index (χ1n) is 8.88. The molecule has 1 aromatic rings. The van der Waals surface area contributed by atoms with Gasteiger partial charge >= 0.3 is 0 Å². The van der Waals surface area contributed by atoms with E-state index in [0.29, 0.717) is 19.5 Å². The molecule has 2 rings (SSSR count). The molecule has 0 spiro atoms. The zero-order valence-corrected chi connectivity index (χ0v) is 15.5. The summed E-state index contributed by atoms with van der Waals surface area (Å²) in [4.78, 5) is 28.0. The fourth-order valence-electron chi connectivity index (χ4n) is 2.79. The van der Waals surface area contributed by atoms with E-state index in [9.17, 15) is 9.59 Å². The normalized spacial score (nSPS) is 15.0. The summed E-state index contributed by atoms with van der Waals surface area (Å²) in [6.45, 7) is 10.8. The summed E-state index contributed by atoms with van der Waals surface area (Å²) >= 11 is 0. The lowest BCUT2D eigenvalue weighted by molar-refractivity contribution is -0.129. The van der Waals surface area contributed by atoms with Gasteiger partial charge in [-0.1, -0.05) is 6.07 Å². The number of carbonyl (C=O) groups is 2. The summed E-state index contributed by atoms with van der Waals surface area (Å²) in [5, 5.41) is 2.91. The first-order valence-corrected chi connectivity index (χ1v) is 8.88. The van der Waals surface area contributed by atoms with Gasteiger partial charge in [-0.25, -0.2) is 0 Å². The van der Waals surface area contributed by atoms with E-state index < -0.39 is 0 Å². The van der Waals surface area contributed by atoms with Crippen LogP contribution >= 0.6 is 0 Å². The number of amides is 2. The standard InChI is InChI=1S/C19H29N3O3/c1-15-4-5-18(14-16(15)2)20-19(24)6-7-22(17(3)23)9-8-21-10-12-25-13-11-21/h4-5,14H,6-13H2,1-3H3,(H,20,24). The Morgan fingerprint density at radius 1 is 1.16 bits per heavy atom. The molecule has 1 aliphatic heterocycles. The Kier molecular flexibility index (Phi) is 7.40. The molecule has 2 amide bonds. The number of aryl methyl sites for hydroxylation is 2. The minimum absolute atomic E-state index is 0.00670. The van der Waals surface area contributed by atoms with Crippen molar-refractivity contribution in [2.24, 2.45) is 0 Å². The average molecular weight is 347 g/mol. The van der Waals surface area contributed by atoms with Gasteiger partial charge in [0.15, 0.2) is 0 Å². The topological polar surface area (TPSA) is 61.9 Å². The van der Waals surface area contributed by atoms with Gasteiger partial charge in [0.2, 0.25) is 11.8 Å². The molecule has 1 heterocycles. The van der Waals surface area contributed by atoms with Crippen molar-refractivity contribution < 1.29 is 14.3 Å². The van der Waals surface area contributed by atoms with Crippen LogP contribution in [0.3, 0.4) is 0 Å². The molecule has 0 unspecified atom stereocenters. The Morgan fingerprint density at radius 3 is 2.52 bits per heavy atom. The maximum Gasteiger partial charge on any atom is 0.226 e. The van der Waals surface area contributed by atoms with Gasteiger partial charge in [-0.2, -0.15) is 0 Å². The highest BCUT2D eigenvalue weighted by molar-refractivity contribution is 5.91. The minimum atomic E-state index is -0.0686. The van der Waals surface area contributed by atoms with Gasteiger partial charge in [-0.15, -0.1) is 0 Å². The van der Waals surface area contributed by atoms with Gasteiger partial charge in [0.25, 0.3) is 0 Å². The zero-order valence-electron chi connectivity index (χ0n) is 15.5. The molecule has 0 aromatic heterocycles. The second-order valence-electron chi connectivity index (χ2n) is 6.56. The third kappa shape index (κ3) is 6.48. The number of ether oxygens (including phenoxy) is 1. The van der Waals surface area contributed by atoms with E-state index in [-0.39, 0.29) is 11.8 Å². The Bertz CT molecular complexity index is 598. The van der Waals surface area contributed by atoms with Crippen molar-refractivity contribution in [2.75, 3.05) is 51.3 Å². The largest absolute Gasteiger partial charge is 0.379 e. The first-order chi connectivity index (χ1) is 12.0. The zero-order chi connectivity index (χ0) is 18.2. The highest BCUT2D eigenvalue weighted by atomic mass is 16.5. The van der Waals surface area contributed by atoms with Gasteiger partial charge in [-0.3, -0.25) is 14.5 Å². The lowest BCUT2D eigenvalue weighted by Gasteiger charge is -2.29. The maximum absolute atomic E-state index is 12.2. The summed E-state index contributed by atoms with van der Waals surface area (Å²) in [6, 6.07) is 5.87. The molecule has 1 saturated heterocycles. The number of benzene rings is 1. The van der Waals surface area contributed by atoms with Crippen molar-refractivity contribution in [3.8, 4) is 0 Å². The van der Waals surface area contributed by atoms with E-state index in [4.69, 9.17) is 4.74 Å². The highest BCUT2D eigenvalue weighted by Crippen LogP contribution is 2.14. The lowest BCUT2D eigenvalue weighted by atomic mass is 10.1. The predicted molar refractivity (Wildman–Crippen MR) is 98.7 cm³/mol. The van der Waals surface area contributed by atoms with Crippen LogP contribution in [0.15, 0.2) is 18.2 Å². The quantitative estimate of drug-likeness (QED) is 0.817. The van der Waals surface area contributed by atoms with Crippen molar-refractivity contribution in [1.29, 1.82) is 0 Å². The second kappa shape index (κ2) is 9.53. The van der Waals surface area contributed by atoms with Crippen molar-refractivity contribution in [2.45, 2.75) is 27.2 Å². The molecule has 1 aromatic carbocycles. The molecule has 1 fully saturated rings. The van der Waals surface area contributed by atoms with Crippen LogP contribution in [0.5, 0.6) is 0 Å². The molecule has 0 atom stereocenters. The molecule has 1 N–H and O–H groups in total. The van der Waals surface area contributed by atoms with E-state index in [1.807, 2.05) is 32.0 Å². The number of hydrogen-bond acceptors (Lipinski definition) is 4. The van der Waals surface area contributed by atoms with Crippen molar-refractivity contribution in [1.82, 2.24) is 9.80 Å². The fraction of sp³-hybridized carbons (Fsp3) is 0.579. The van der Waals surface area contributed by atoms with Crippen LogP contribution in [0.25, 0.3) is 0 Å².